The average molecular weight is 423 g/mol. The smallest absolute Gasteiger partial charge is 0.256 e. The van der Waals surface area contributed by atoms with Gasteiger partial charge in [0.15, 0.2) is 9.84 Å². The van der Waals surface area contributed by atoms with Crippen LogP contribution < -0.4 is 5.32 Å². The number of nitrogens with zero attached hydrogens (tertiary/aromatic N) is 1. The molecule has 6 heteroatoms. The summed E-state index contributed by atoms with van der Waals surface area (Å²) in [7, 11) is -3.38. The number of fused-ring (bicyclic) bond motifs is 1. The molecule has 1 amide bonds. The summed E-state index contributed by atoms with van der Waals surface area (Å²) in [6, 6.07) is 16.0. The maximum atomic E-state index is 13.1. The summed E-state index contributed by atoms with van der Waals surface area (Å²) in [5.74, 6) is -0.0908. The van der Waals surface area contributed by atoms with Gasteiger partial charge < -0.3 is 5.32 Å². The molecule has 156 valence electrons. The topological polar surface area (TPSA) is 76.1 Å². The molecule has 4 rings (SSSR count). The third-order valence-corrected chi connectivity index (χ3v) is 7.99. The summed E-state index contributed by atoms with van der Waals surface area (Å²) in [4.78, 5) is 18.1. The van der Waals surface area contributed by atoms with Crippen molar-refractivity contribution in [2.75, 3.05) is 5.32 Å². The zero-order chi connectivity index (χ0) is 21.3. The number of anilines is 1. The molecule has 0 bridgehead atoms. The van der Waals surface area contributed by atoms with E-state index in [4.69, 9.17) is 0 Å². The van der Waals surface area contributed by atoms with Gasteiger partial charge in [-0.25, -0.2) is 8.42 Å². The van der Waals surface area contributed by atoms with Crippen molar-refractivity contribution in [1.82, 2.24) is 4.98 Å². The number of carbonyl (C=O) groups is 1. The molecule has 0 radical (unpaired) electrons. The van der Waals surface area contributed by atoms with Gasteiger partial charge in [0.05, 0.1) is 21.2 Å². The van der Waals surface area contributed by atoms with Crippen LogP contribution in [-0.4, -0.2) is 24.6 Å². The maximum absolute atomic E-state index is 13.1. The van der Waals surface area contributed by atoms with Crippen LogP contribution in [0.25, 0.3) is 10.9 Å². The Hall–Kier alpha value is -2.73. The molecule has 0 aliphatic heterocycles. The Morgan fingerprint density at radius 2 is 1.77 bits per heavy atom. The molecule has 5 nitrogen and oxygen atoms in total. The first-order chi connectivity index (χ1) is 14.4. The molecular weight excluding hydrogens is 396 g/mol. The number of sulfone groups is 1. The van der Waals surface area contributed by atoms with E-state index in [1.807, 2.05) is 44.2 Å². The number of pyridine rings is 1. The van der Waals surface area contributed by atoms with Crippen molar-refractivity contribution in [3.8, 4) is 0 Å². The van der Waals surface area contributed by atoms with Gasteiger partial charge in [0, 0.05) is 16.8 Å². The average Bonchev–Trinajstić information content (AvgIpc) is 3.29. The molecule has 1 fully saturated rings. The Morgan fingerprint density at radius 1 is 1.03 bits per heavy atom. The molecule has 1 aliphatic carbocycles. The fraction of sp³-hybridized carbons (Fsp3) is 0.333. The lowest BCUT2D eigenvalue weighted by molar-refractivity contribution is 0.102. The van der Waals surface area contributed by atoms with E-state index in [0.29, 0.717) is 24.1 Å². The number of amides is 1. The highest BCUT2D eigenvalue weighted by atomic mass is 32.2. The van der Waals surface area contributed by atoms with E-state index in [2.05, 4.69) is 10.3 Å². The molecule has 0 atom stereocenters. The van der Waals surface area contributed by atoms with E-state index >= 15 is 0 Å². The van der Waals surface area contributed by atoms with Crippen molar-refractivity contribution >= 4 is 32.3 Å². The molecule has 1 saturated carbocycles. The molecule has 30 heavy (non-hydrogen) atoms. The minimum Gasteiger partial charge on any atom is -0.322 e. The molecule has 3 aromatic rings. The molecule has 0 saturated heterocycles. The van der Waals surface area contributed by atoms with Crippen LogP contribution in [0.3, 0.4) is 0 Å². The monoisotopic (exact) mass is 422 g/mol. The molecule has 1 aromatic heterocycles. The number of nitrogens with one attached hydrogen (secondary N) is 1. The number of para-hydroxylation sites is 1. The van der Waals surface area contributed by atoms with Crippen LogP contribution in [0, 0.1) is 0 Å². The van der Waals surface area contributed by atoms with Crippen molar-refractivity contribution in [2.24, 2.45) is 0 Å². The summed E-state index contributed by atoms with van der Waals surface area (Å²) in [6.45, 7) is 4.08. The lowest BCUT2D eigenvalue weighted by Gasteiger charge is -2.14. The highest BCUT2D eigenvalue weighted by Crippen LogP contribution is 2.31. The molecule has 0 unspecified atom stereocenters. The highest BCUT2D eigenvalue weighted by Gasteiger charge is 2.30. The Labute approximate surface area is 177 Å². The first-order valence-corrected chi connectivity index (χ1v) is 12.0. The van der Waals surface area contributed by atoms with Crippen molar-refractivity contribution in [1.29, 1.82) is 0 Å². The number of carbonyl (C=O) groups excluding carboxylic acids is 1. The standard InChI is InChI=1S/C24H26N2O3S/c1-16(2)23-15-21(20-12-5-6-13-22(20)26-23)24(27)25-17-8-7-11-19(14-17)30(28,29)18-9-3-4-10-18/h5-8,11-16,18H,3-4,9-10H2,1-2H3,(H,25,27). The second kappa shape index (κ2) is 8.19. The van der Waals surface area contributed by atoms with Gasteiger partial charge in [0.2, 0.25) is 0 Å². The first kappa shape index (κ1) is 20.5. The van der Waals surface area contributed by atoms with Gasteiger partial charge in [0.25, 0.3) is 5.91 Å². The second-order valence-electron chi connectivity index (χ2n) is 8.20. The lowest BCUT2D eigenvalue weighted by atomic mass is 10.0. The van der Waals surface area contributed by atoms with Crippen LogP contribution in [-0.2, 0) is 9.84 Å². The third-order valence-electron chi connectivity index (χ3n) is 5.73. The second-order valence-corrected chi connectivity index (χ2v) is 10.4. The number of rotatable bonds is 5. The number of hydrogen-bond donors (Lipinski definition) is 1. The van der Waals surface area contributed by atoms with Crippen LogP contribution in [0.4, 0.5) is 5.69 Å². The van der Waals surface area contributed by atoms with Crippen LogP contribution in [0.1, 0.15) is 61.5 Å². The number of benzene rings is 2. The predicted molar refractivity (Wildman–Crippen MR) is 120 cm³/mol. The zero-order valence-electron chi connectivity index (χ0n) is 17.3. The minimum atomic E-state index is -3.38. The minimum absolute atomic E-state index is 0.182. The summed E-state index contributed by atoms with van der Waals surface area (Å²) < 4.78 is 25.8. The van der Waals surface area contributed by atoms with Crippen molar-refractivity contribution < 1.29 is 13.2 Å². The van der Waals surface area contributed by atoms with Crippen molar-refractivity contribution in [2.45, 2.75) is 55.6 Å². The molecule has 0 spiro atoms. The zero-order valence-corrected chi connectivity index (χ0v) is 18.1. The van der Waals surface area contributed by atoms with Gasteiger partial charge in [0.1, 0.15) is 0 Å². The Balaban J connectivity index is 1.67. The van der Waals surface area contributed by atoms with E-state index in [1.165, 1.54) is 0 Å². The molecular formula is C24H26N2O3S. The van der Waals surface area contributed by atoms with Gasteiger partial charge >= 0.3 is 0 Å². The Bertz CT molecular complexity index is 1200. The first-order valence-electron chi connectivity index (χ1n) is 10.4. The van der Waals surface area contributed by atoms with Gasteiger partial charge in [-0.05, 0) is 49.1 Å². The van der Waals surface area contributed by atoms with E-state index in [9.17, 15) is 13.2 Å². The van der Waals surface area contributed by atoms with E-state index in [1.54, 1.807) is 24.3 Å². The quantitative estimate of drug-likeness (QED) is 0.603. The maximum Gasteiger partial charge on any atom is 0.256 e. The normalized spacial score (nSPS) is 15.0. The lowest BCUT2D eigenvalue weighted by Crippen LogP contribution is -2.18. The Kier molecular flexibility index (Phi) is 5.60. The number of hydrogen-bond acceptors (Lipinski definition) is 4. The van der Waals surface area contributed by atoms with Gasteiger partial charge in [-0.3, -0.25) is 9.78 Å². The van der Waals surface area contributed by atoms with Crippen LogP contribution >= 0.6 is 0 Å². The molecule has 1 N–H and O–H groups in total. The molecule has 2 aromatic carbocycles. The van der Waals surface area contributed by atoms with E-state index in [-0.39, 0.29) is 22.0 Å². The summed E-state index contributed by atoms with van der Waals surface area (Å²) in [5.41, 5.74) is 2.63. The van der Waals surface area contributed by atoms with Crippen LogP contribution in [0.2, 0.25) is 0 Å². The number of aromatic nitrogens is 1. The van der Waals surface area contributed by atoms with E-state index in [0.717, 1.165) is 29.4 Å². The van der Waals surface area contributed by atoms with Gasteiger partial charge in [-0.15, -0.1) is 0 Å². The summed E-state index contributed by atoms with van der Waals surface area (Å²) in [6.07, 6.45) is 3.32. The van der Waals surface area contributed by atoms with Crippen LogP contribution in [0.15, 0.2) is 59.5 Å². The molecule has 1 heterocycles. The fourth-order valence-electron chi connectivity index (χ4n) is 4.02. The Morgan fingerprint density at radius 3 is 2.50 bits per heavy atom. The fourth-order valence-corrected chi connectivity index (χ4v) is 5.92. The largest absolute Gasteiger partial charge is 0.322 e. The van der Waals surface area contributed by atoms with Crippen molar-refractivity contribution in [3.63, 3.8) is 0 Å². The van der Waals surface area contributed by atoms with Crippen LogP contribution in [0.5, 0.6) is 0 Å². The molecule has 1 aliphatic rings. The highest BCUT2D eigenvalue weighted by molar-refractivity contribution is 7.92. The SMILES string of the molecule is CC(C)c1cc(C(=O)Nc2cccc(S(=O)(=O)C3CCCC3)c2)c2ccccc2n1. The summed E-state index contributed by atoms with van der Waals surface area (Å²) >= 11 is 0. The van der Waals surface area contributed by atoms with Gasteiger partial charge in [-0.2, -0.15) is 0 Å². The third kappa shape index (κ3) is 3.97. The van der Waals surface area contributed by atoms with Gasteiger partial charge in [-0.1, -0.05) is 51.0 Å². The van der Waals surface area contributed by atoms with Crippen molar-refractivity contribution in [3.05, 3.63) is 65.9 Å². The van der Waals surface area contributed by atoms with E-state index < -0.39 is 9.84 Å². The summed E-state index contributed by atoms with van der Waals surface area (Å²) in [5, 5.41) is 3.34. The predicted octanol–water partition coefficient (Wildman–Crippen LogP) is 5.33.